The fraction of sp³-hybridized carbons (Fsp3) is 0.550. The second-order valence-electron chi connectivity index (χ2n) is 6.56. The summed E-state index contributed by atoms with van der Waals surface area (Å²) in [6.07, 6.45) is 5.69. The molecule has 0 aromatic heterocycles. The number of benzene rings is 1. The number of anilines is 1. The van der Waals surface area contributed by atoms with Gasteiger partial charge in [0.1, 0.15) is 0 Å². The second-order valence-corrected chi connectivity index (χ2v) is 7.97. The predicted octanol–water partition coefficient (Wildman–Crippen LogP) is 3.97. The van der Waals surface area contributed by atoms with E-state index < -0.39 is 0 Å². The third-order valence-corrected chi connectivity index (χ3v) is 6.11. The smallest absolute Gasteiger partial charge is 0.194 e. The average Bonchev–Trinajstić information content (AvgIpc) is 3.20. The highest BCUT2D eigenvalue weighted by molar-refractivity contribution is 14.0. The molecule has 3 rings (SSSR count). The molecule has 1 aromatic carbocycles. The summed E-state index contributed by atoms with van der Waals surface area (Å²) in [4.78, 5) is 9.75. The van der Waals surface area contributed by atoms with Crippen LogP contribution in [0.25, 0.3) is 0 Å². The Labute approximate surface area is 179 Å². The van der Waals surface area contributed by atoms with E-state index in [0.29, 0.717) is 0 Å². The summed E-state index contributed by atoms with van der Waals surface area (Å²) in [5, 5.41) is 4.21. The summed E-state index contributed by atoms with van der Waals surface area (Å²) in [6.45, 7) is 10.3. The molecule has 0 saturated carbocycles. The minimum absolute atomic E-state index is 0. The van der Waals surface area contributed by atoms with Crippen molar-refractivity contribution in [1.82, 2.24) is 10.2 Å². The van der Waals surface area contributed by atoms with Gasteiger partial charge in [-0.15, -0.1) is 24.0 Å². The maximum atomic E-state index is 4.93. The first kappa shape index (κ1) is 21.4. The monoisotopic (exact) mass is 486 g/mol. The molecule has 1 N–H and O–H groups in total. The van der Waals surface area contributed by atoms with E-state index in [1.807, 2.05) is 0 Å². The zero-order chi connectivity index (χ0) is 17.5. The molecule has 1 fully saturated rings. The number of hydrogen-bond acceptors (Lipinski definition) is 3. The van der Waals surface area contributed by atoms with Gasteiger partial charge in [-0.05, 0) is 31.0 Å². The van der Waals surface area contributed by atoms with Crippen LogP contribution in [-0.2, 0) is 6.54 Å². The van der Waals surface area contributed by atoms with Crippen LogP contribution in [0.5, 0.6) is 0 Å². The Kier molecular flexibility index (Phi) is 9.11. The zero-order valence-corrected chi connectivity index (χ0v) is 19.0. The van der Waals surface area contributed by atoms with Crippen LogP contribution in [0.15, 0.2) is 41.4 Å². The van der Waals surface area contributed by atoms with Crippen molar-refractivity contribution in [2.24, 2.45) is 4.99 Å². The van der Waals surface area contributed by atoms with Crippen LogP contribution in [0, 0.1) is 0 Å². The Bertz CT molecular complexity index is 612. The lowest BCUT2D eigenvalue weighted by atomic mass is 10.2. The number of nitrogens with one attached hydrogen (secondary N) is 1. The van der Waals surface area contributed by atoms with E-state index in [2.05, 4.69) is 77.1 Å². The lowest BCUT2D eigenvalue weighted by Crippen LogP contribution is -2.48. The molecular formula is C20H31IN4S. The number of thioether (sulfide) groups is 1. The molecule has 1 saturated heterocycles. The van der Waals surface area contributed by atoms with Gasteiger partial charge in [-0.1, -0.05) is 31.2 Å². The number of guanidine groups is 1. The van der Waals surface area contributed by atoms with E-state index in [9.17, 15) is 0 Å². The van der Waals surface area contributed by atoms with Crippen LogP contribution in [0.3, 0.4) is 0 Å². The van der Waals surface area contributed by atoms with Crippen molar-refractivity contribution < 1.29 is 0 Å². The predicted molar refractivity (Wildman–Crippen MR) is 126 cm³/mol. The molecule has 2 heterocycles. The summed E-state index contributed by atoms with van der Waals surface area (Å²) in [7, 11) is 0. The van der Waals surface area contributed by atoms with Gasteiger partial charge >= 0.3 is 0 Å². The minimum atomic E-state index is 0. The number of aliphatic imine (C=N–C) groups is 1. The van der Waals surface area contributed by atoms with Gasteiger partial charge in [0.05, 0.1) is 6.54 Å². The Balaban J connectivity index is 0.00000243. The molecule has 2 aliphatic heterocycles. The van der Waals surface area contributed by atoms with Gasteiger partial charge in [0.15, 0.2) is 5.96 Å². The molecule has 0 radical (unpaired) electrons. The van der Waals surface area contributed by atoms with Crippen LogP contribution in [-0.4, -0.2) is 54.6 Å². The normalized spacial score (nSPS) is 20.2. The number of halogens is 1. The fourth-order valence-electron chi connectivity index (χ4n) is 3.29. The van der Waals surface area contributed by atoms with Gasteiger partial charge < -0.3 is 15.1 Å². The first-order valence-corrected chi connectivity index (χ1v) is 10.5. The first-order chi connectivity index (χ1) is 12.3. The maximum Gasteiger partial charge on any atom is 0.194 e. The lowest BCUT2D eigenvalue weighted by Gasteiger charge is -2.34. The van der Waals surface area contributed by atoms with Crippen LogP contribution in [0.4, 0.5) is 5.69 Å². The molecule has 1 unspecified atom stereocenters. The van der Waals surface area contributed by atoms with E-state index >= 15 is 0 Å². The van der Waals surface area contributed by atoms with Gasteiger partial charge in [-0.3, -0.25) is 0 Å². The highest BCUT2D eigenvalue weighted by Gasteiger charge is 2.21. The fourth-order valence-corrected chi connectivity index (χ4v) is 4.47. The third kappa shape index (κ3) is 5.81. The average molecular weight is 486 g/mol. The van der Waals surface area contributed by atoms with Crippen LogP contribution < -0.4 is 10.2 Å². The topological polar surface area (TPSA) is 30.9 Å². The van der Waals surface area contributed by atoms with Gasteiger partial charge in [0, 0.05) is 49.4 Å². The highest BCUT2D eigenvalue weighted by Crippen LogP contribution is 2.22. The Morgan fingerprint density at radius 3 is 2.81 bits per heavy atom. The molecule has 26 heavy (non-hydrogen) atoms. The van der Waals surface area contributed by atoms with Crippen molar-refractivity contribution in [2.45, 2.75) is 32.1 Å². The van der Waals surface area contributed by atoms with E-state index in [1.54, 1.807) is 0 Å². The van der Waals surface area contributed by atoms with Crippen LogP contribution >= 0.6 is 35.7 Å². The largest absolute Gasteiger partial charge is 0.364 e. The Morgan fingerprint density at radius 1 is 1.27 bits per heavy atom. The lowest BCUT2D eigenvalue weighted by molar-refractivity contribution is 0.408. The SMILES string of the molecule is CCNC(=NCc1cccc(N2CC=CC2)c1)N1CCSC(CC)C1.I. The number of hydrogen-bond donors (Lipinski definition) is 1. The van der Waals surface area contributed by atoms with E-state index in [4.69, 9.17) is 4.99 Å². The first-order valence-electron chi connectivity index (χ1n) is 9.44. The zero-order valence-electron chi connectivity index (χ0n) is 15.9. The molecule has 1 aromatic rings. The molecular weight excluding hydrogens is 455 g/mol. The molecule has 0 amide bonds. The van der Waals surface area contributed by atoms with Gasteiger partial charge in [0.25, 0.3) is 0 Å². The van der Waals surface area contributed by atoms with Crippen molar-refractivity contribution in [2.75, 3.05) is 43.4 Å². The number of rotatable bonds is 5. The molecule has 0 spiro atoms. The third-order valence-electron chi connectivity index (χ3n) is 4.73. The quantitative estimate of drug-likeness (QED) is 0.295. The molecule has 4 nitrogen and oxygen atoms in total. The van der Waals surface area contributed by atoms with Crippen molar-refractivity contribution in [3.05, 3.63) is 42.0 Å². The summed E-state index contributed by atoms with van der Waals surface area (Å²) in [5.41, 5.74) is 2.57. The standard InChI is InChI=1S/C20H30N4S.HI/c1-3-19-16-24(12-13-25-19)20(21-4-2)22-15-17-8-7-9-18(14-17)23-10-5-6-11-23;/h5-9,14,19H,3-4,10-13,15-16H2,1-2H3,(H,21,22);1H. The molecule has 2 aliphatic rings. The minimum Gasteiger partial charge on any atom is -0.364 e. The van der Waals surface area contributed by atoms with E-state index in [1.165, 1.54) is 23.4 Å². The summed E-state index contributed by atoms with van der Waals surface area (Å²) >= 11 is 2.10. The van der Waals surface area contributed by atoms with Gasteiger partial charge in [-0.2, -0.15) is 11.8 Å². The highest BCUT2D eigenvalue weighted by atomic mass is 127. The van der Waals surface area contributed by atoms with Crippen molar-refractivity contribution in [1.29, 1.82) is 0 Å². The number of nitrogens with zero attached hydrogens (tertiary/aromatic N) is 3. The van der Waals surface area contributed by atoms with Crippen LogP contribution in [0.1, 0.15) is 25.8 Å². The summed E-state index contributed by atoms with van der Waals surface area (Å²) in [6, 6.07) is 8.80. The Hall–Kier alpha value is -0.890. The van der Waals surface area contributed by atoms with E-state index in [0.717, 1.165) is 50.5 Å². The molecule has 0 bridgehead atoms. The van der Waals surface area contributed by atoms with Crippen LogP contribution in [0.2, 0.25) is 0 Å². The molecule has 6 heteroatoms. The molecule has 144 valence electrons. The van der Waals surface area contributed by atoms with Gasteiger partial charge in [0.2, 0.25) is 0 Å². The van der Waals surface area contributed by atoms with Crippen molar-refractivity contribution >= 4 is 47.4 Å². The maximum absolute atomic E-state index is 4.93. The van der Waals surface area contributed by atoms with Gasteiger partial charge in [-0.25, -0.2) is 4.99 Å². The Morgan fingerprint density at radius 2 is 2.08 bits per heavy atom. The molecule has 1 atom stereocenters. The second kappa shape index (κ2) is 11.1. The van der Waals surface area contributed by atoms with Crippen molar-refractivity contribution in [3.63, 3.8) is 0 Å². The molecule has 0 aliphatic carbocycles. The summed E-state index contributed by atoms with van der Waals surface area (Å²) < 4.78 is 0. The van der Waals surface area contributed by atoms with E-state index in [-0.39, 0.29) is 24.0 Å². The van der Waals surface area contributed by atoms with Crippen molar-refractivity contribution in [3.8, 4) is 0 Å². The summed E-state index contributed by atoms with van der Waals surface area (Å²) in [5.74, 6) is 2.26.